The molecule has 2 aromatic heterocycles. The second-order valence-electron chi connectivity index (χ2n) is 4.90. The zero-order valence-corrected chi connectivity index (χ0v) is 15.0. The Morgan fingerprint density at radius 2 is 2.04 bits per heavy atom. The summed E-state index contributed by atoms with van der Waals surface area (Å²) in [7, 11) is 2.97. The van der Waals surface area contributed by atoms with Gasteiger partial charge in [-0.2, -0.15) is 0 Å². The second kappa shape index (κ2) is 7.50. The van der Waals surface area contributed by atoms with E-state index in [4.69, 9.17) is 21.1 Å². The van der Waals surface area contributed by atoms with Crippen LogP contribution >= 0.6 is 22.9 Å². The van der Waals surface area contributed by atoms with Gasteiger partial charge in [-0.15, -0.1) is 11.3 Å². The summed E-state index contributed by atoms with van der Waals surface area (Å²) in [5, 5.41) is 5.34. The molecule has 2 heterocycles. The van der Waals surface area contributed by atoms with Gasteiger partial charge in [0.25, 0.3) is 5.91 Å². The summed E-state index contributed by atoms with van der Waals surface area (Å²) in [6, 6.07) is 8.65. The third-order valence-electron chi connectivity index (χ3n) is 3.35. The van der Waals surface area contributed by atoms with E-state index in [1.807, 2.05) is 23.6 Å². The maximum absolute atomic E-state index is 12.5. The summed E-state index contributed by atoms with van der Waals surface area (Å²) in [6.45, 7) is 0. The fourth-order valence-corrected chi connectivity index (χ4v) is 3.17. The molecule has 0 atom stereocenters. The van der Waals surface area contributed by atoms with Crippen LogP contribution in [0.2, 0.25) is 5.02 Å². The molecule has 0 aliphatic rings. The number of pyridine rings is 1. The van der Waals surface area contributed by atoms with Crippen LogP contribution in [0.1, 0.15) is 10.4 Å². The van der Waals surface area contributed by atoms with E-state index in [-0.39, 0.29) is 5.91 Å². The lowest BCUT2D eigenvalue weighted by Gasteiger charge is -2.11. The van der Waals surface area contributed by atoms with E-state index in [1.54, 1.807) is 12.3 Å². The second-order valence-corrected chi connectivity index (χ2v) is 6.17. The molecule has 1 amide bonds. The molecule has 3 rings (SSSR count). The molecule has 0 radical (unpaired) electrons. The fourth-order valence-electron chi connectivity index (χ4n) is 2.18. The van der Waals surface area contributed by atoms with E-state index >= 15 is 0 Å². The summed E-state index contributed by atoms with van der Waals surface area (Å²) >= 11 is 7.46. The molecular formula is C17H14ClN3O3S. The summed E-state index contributed by atoms with van der Waals surface area (Å²) in [6.07, 6.45) is 1.69. The Morgan fingerprint density at radius 3 is 2.72 bits per heavy atom. The van der Waals surface area contributed by atoms with Crippen molar-refractivity contribution in [1.82, 2.24) is 9.97 Å². The monoisotopic (exact) mass is 375 g/mol. The van der Waals surface area contributed by atoms with Crippen molar-refractivity contribution in [2.24, 2.45) is 0 Å². The highest BCUT2D eigenvalue weighted by Gasteiger charge is 2.16. The number of nitrogens with one attached hydrogen (secondary N) is 1. The molecule has 0 fully saturated rings. The zero-order chi connectivity index (χ0) is 17.8. The van der Waals surface area contributed by atoms with Gasteiger partial charge in [-0.25, -0.2) is 4.98 Å². The van der Waals surface area contributed by atoms with Crippen molar-refractivity contribution in [1.29, 1.82) is 0 Å². The van der Waals surface area contributed by atoms with E-state index in [0.717, 1.165) is 5.69 Å². The number of carbonyl (C=O) groups excluding carboxylic acids is 1. The maximum atomic E-state index is 12.5. The number of carbonyl (C=O) groups is 1. The molecule has 0 saturated heterocycles. The molecule has 0 bridgehead atoms. The molecule has 0 saturated carbocycles. The highest BCUT2D eigenvalue weighted by molar-refractivity contribution is 7.14. The third-order valence-corrected chi connectivity index (χ3v) is 4.39. The van der Waals surface area contributed by atoms with Gasteiger partial charge >= 0.3 is 0 Å². The molecule has 25 heavy (non-hydrogen) atoms. The number of amides is 1. The van der Waals surface area contributed by atoms with Gasteiger partial charge in [0, 0.05) is 17.1 Å². The first-order valence-corrected chi connectivity index (χ1v) is 8.48. The molecule has 0 aliphatic carbocycles. The van der Waals surface area contributed by atoms with E-state index in [1.165, 1.54) is 31.6 Å². The molecule has 6 nitrogen and oxygen atoms in total. The third kappa shape index (κ3) is 3.72. The van der Waals surface area contributed by atoms with Gasteiger partial charge < -0.3 is 9.47 Å². The standard InChI is InChI=1S/C17H14ClN3O3S/c1-23-14-8-10(7-11(18)15(14)24-2)16(22)21-17-20-13(9-25-17)12-5-3-4-6-19-12/h3-9H,1-2H3,(H,20,21,22). The lowest BCUT2D eigenvalue weighted by Crippen LogP contribution is -2.12. The lowest BCUT2D eigenvalue weighted by atomic mass is 10.2. The van der Waals surface area contributed by atoms with Crippen LogP contribution in [0.5, 0.6) is 11.5 Å². The van der Waals surface area contributed by atoms with Crippen LogP contribution in [0.4, 0.5) is 5.13 Å². The Hall–Kier alpha value is -2.64. The van der Waals surface area contributed by atoms with Gasteiger partial charge in [0.2, 0.25) is 0 Å². The van der Waals surface area contributed by atoms with Crippen molar-refractivity contribution in [3.63, 3.8) is 0 Å². The number of methoxy groups -OCH3 is 2. The Kier molecular flexibility index (Phi) is 5.16. The smallest absolute Gasteiger partial charge is 0.257 e. The predicted molar refractivity (Wildman–Crippen MR) is 97.9 cm³/mol. The molecule has 1 N–H and O–H groups in total. The minimum atomic E-state index is -0.343. The van der Waals surface area contributed by atoms with Crippen molar-refractivity contribution in [3.8, 4) is 22.9 Å². The average Bonchev–Trinajstić information content (AvgIpc) is 3.10. The van der Waals surface area contributed by atoms with Gasteiger partial charge in [-0.1, -0.05) is 17.7 Å². The molecule has 128 valence electrons. The topological polar surface area (TPSA) is 73.3 Å². The van der Waals surface area contributed by atoms with Crippen LogP contribution < -0.4 is 14.8 Å². The van der Waals surface area contributed by atoms with Crippen molar-refractivity contribution >= 4 is 34.0 Å². The van der Waals surface area contributed by atoms with Crippen LogP contribution in [0.15, 0.2) is 41.9 Å². The number of hydrogen-bond acceptors (Lipinski definition) is 6. The van der Waals surface area contributed by atoms with Crippen LogP contribution in [0.3, 0.4) is 0 Å². The molecule has 1 aromatic carbocycles. The number of hydrogen-bond donors (Lipinski definition) is 1. The first-order valence-electron chi connectivity index (χ1n) is 7.22. The molecule has 0 unspecified atom stereocenters. The number of nitrogens with zero attached hydrogens (tertiary/aromatic N) is 2. The number of thiazole rings is 1. The Bertz CT molecular complexity index is 899. The average molecular weight is 376 g/mol. The minimum absolute atomic E-state index is 0.292. The highest BCUT2D eigenvalue weighted by Crippen LogP contribution is 2.36. The van der Waals surface area contributed by atoms with Crippen LogP contribution in [-0.2, 0) is 0 Å². The molecule has 8 heteroatoms. The Labute approximate surface area is 153 Å². The van der Waals surface area contributed by atoms with Crippen molar-refractivity contribution in [3.05, 3.63) is 52.5 Å². The first-order chi connectivity index (χ1) is 12.1. The summed E-state index contributed by atoms with van der Waals surface area (Å²) in [5.74, 6) is 0.422. The first kappa shape index (κ1) is 17.2. The predicted octanol–water partition coefficient (Wildman–Crippen LogP) is 4.13. The Morgan fingerprint density at radius 1 is 1.20 bits per heavy atom. The van der Waals surface area contributed by atoms with Gasteiger partial charge in [-0.3, -0.25) is 15.1 Å². The zero-order valence-electron chi connectivity index (χ0n) is 13.4. The number of ether oxygens (including phenoxy) is 2. The van der Waals surface area contributed by atoms with E-state index in [2.05, 4.69) is 15.3 Å². The lowest BCUT2D eigenvalue weighted by molar-refractivity contribution is 0.102. The van der Waals surface area contributed by atoms with Gasteiger partial charge in [0.15, 0.2) is 16.6 Å². The molecule has 0 spiro atoms. The Balaban J connectivity index is 1.81. The van der Waals surface area contributed by atoms with Crippen LogP contribution in [0.25, 0.3) is 11.4 Å². The summed E-state index contributed by atoms with van der Waals surface area (Å²) in [5.41, 5.74) is 1.79. The number of aromatic nitrogens is 2. The quantitative estimate of drug-likeness (QED) is 0.725. The number of rotatable bonds is 5. The molecule has 0 aliphatic heterocycles. The summed E-state index contributed by atoms with van der Waals surface area (Å²) < 4.78 is 10.4. The fraction of sp³-hybridized carbons (Fsp3) is 0.118. The van der Waals surface area contributed by atoms with Crippen LogP contribution in [0, 0.1) is 0 Å². The summed E-state index contributed by atoms with van der Waals surface area (Å²) in [4.78, 5) is 21.1. The van der Waals surface area contributed by atoms with Crippen LogP contribution in [-0.4, -0.2) is 30.1 Å². The van der Waals surface area contributed by atoms with E-state index in [0.29, 0.717) is 32.9 Å². The van der Waals surface area contributed by atoms with E-state index < -0.39 is 0 Å². The highest BCUT2D eigenvalue weighted by atomic mass is 35.5. The van der Waals surface area contributed by atoms with Crippen molar-refractivity contribution in [2.75, 3.05) is 19.5 Å². The normalized spacial score (nSPS) is 10.4. The minimum Gasteiger partial charge on any atom is -0.493 e. The molecular weight excluding hydrogens is 362 g/mol. The van der Waals surface area contributed by atoms with Gasteiger partial charge in [-0.05, 0) is 24.3 Å². The SMILES string of the molecule is COc1cc(C(=O)Nc2nc(-c3ccccn3)cs2)cc(Cl)c1OC. The van der Waals surface area contributed by atoms with Crippen molar-refractivity contribution < 1.29 is 14.3 Å². The van der Waals surface area contributed by atoms with Gasteiger partial charge in [0.1, 0.15) is 5.69 Å². The number of anilines is 1. The van der Waals surface area contributed by atoms with Gasteiger partial charge in [0.05, 0.1) is 24.9 Å². The molecule has 3 aromatic rings. The van der Waals surface area contributed by atoms with Crippen molar-refractivity contribution in [2.45, 2.75) is 0 Å². The number of halogens is 1. The maximum Gasteiger partial charge on any atom is 0.257 e. The van der Waals surface area contributed by atoms with E-state index in [9.17, 15) is 4.79 Å². The number of benzene rings is 1. The largest absolute Gasteiger partial charge is 0.493 e.